The third kappa shape index (κ3) is 10.1. The highest BCUT2D eigenvalue weighted by Crippen LogP contribution is 2.08. The molecule has 136 valence electrons. The predicted octanol–water partition coefficient (Wildman–Crippen LogP) is 3.33. The second-order valence-electron chi connectivity index (χ2n) is 6.67. The molecule has 0 aliphatic carbocycles. The Morgan fingerprint density at radius 1 is 1.20 bits per heavy atom. The lowest BCUT2D eigenvalue weighted by Crippen LogP contribution is -2.35. The van der Waals surface area contributed by atoms with E-state index in [1.807, 2.05) is 18.2 Å². The number of carbonyl (C=O) groups excluding carboxylic acids is 2. The molecule has 0 heterocycles. The molecule has 0 aliphatic heterocycles. The Balaban J connectivity index is 2.54. The Labute approximate surface area is 150 Å². The zero-order valence-electron chi connectivity index (χ0n) is 15.4. The molecule has 0 radical (unpaired) electrons. The topological polar surface area (TPSA) is 64.6 Å². The largest absolute Gasteiger partial charge is 0.469 e. The van der Waals surface area contributed by atoms with Gasteiger partial charge in [0.15, 0.2) is 0 Å². The van der Waals surface area contributed by atoms with Gasteiger partial charge >= 0.3 is 12.1 Å². The van der Waals surface area contributed by atoms with Gasteiger partial charge in [-0.1, -0.05) is 36.3 Å². The molecule has 0 unspecified atom stereocenters. The third-order valence-corrected chi connectivity index (χ3v) is 3.22. The average molecular weight is 345 g/mol. The fraction of sp³-hybridized carbons (Fsp3) is 0.500. The summed E-state index contributed by atoms with van der Waals surface area (Å²) < 4.78 is 9.88. The molecule has 1 N–H and O–H groups in total. The molecule has 0 saturated heterocycles. The van der Waals surface area contributed by atoms with Gasteiger partial charge < -0.3 is 14.8 Å². The summed E-state index contributed by atoms with van der Waals surface area (Å²) in [4.78, 5) is 23.3. The van der Waals surface area contributed by atoms with Gasteiger partial charge in [-0.25, -0.2) is 4.79 Å². The first-order valence-electron chi connectivity index (χ1n) is 8.36. The molecule has 1 aromatic carbocycles. The fourth-order valence-electron chi connectivity index (χ4n) is 2.05. The van der Waals surface area contributed by atoms with Gasteiger partial charge in [0.25, 0.3) is 0 Å². The lowest BCUT2D eigenvalue weighted by molar-refractivity contribution is -0.141. The normalized spacial score (nSPS) is 11.7. The molecule has 5 nitrogen and oxygen atoms in total. The van der Waals surface area contributed by atoms with E-state index in [2.05, 4.69) is 29.3 Å². The molecule has 0 aromatic heterocycles. The minimum absolute atomic E-state index is 0.130. The summed E-state index contributed by atoms with van der Waals surface area (Å²) in [5.41, 5.74) is 0.650. The maximum atomic E-state index is 11.7. The maximum Gasteiger partial charge on any atom is 0.407 e. The number of amides is 1. The summed E-state index contributed by atoms with van der Waals surface area (Å²) in [5.74, 6) is 5.47. The van der Waals surface area contributed by atoms with E-state index in [-0.39, 0.29) is 24.9 Å². The highest BCUT2D eigenvalue weighted by Gasteiger charge is 2.18. The van der Waals surface area contributed by atoms with Crippen LogP contribution in [0.1, 0.15) is 39.2 Å². The standard InChI is InChI=1S/C20H27NO4/c1-20(2,3)25-19(23)21-15-17(14-18(22)24-4)13-9-8-12-16-10-6-5-7-11-16/h5-7,10-11,17H,8,12,14-15H2,1-4H3,(H,21,23)/t17-/m1/s1. The van der Waals surface area contributed by atoms with E-state index in [9.17, 15) is 9.59 Å². The summed E-state index contributed by atoms with van der Waals surface area (Å²) >= 11 is 0. The average Bonchev–Trinajstić information content (AvgIpc) is 2.55. The van der Waals surface area contributed by atoms with Gasteiger partial charge in [-0.15, -0.1) is 5.92 Å². The summed E-state index contributed by atoms with van der Waals surface area (Å²) in [6.45, 7) is 5.62. The Hall–Kier alpha value is -2.48. The van der Waals surface area contributed by atoms with Crippen molar-refractivity contribution in [2.24, 2.45) is 5.92 Å². The van der Waals surface area contributed by atoms with Crippen molar-refractivity contribution in [3.8, 4) is 11.8 Å². The van der Waals surface area contributed by atoms with Crippen LogP contribution in [0.3, 0.4) is 0 Å². The first kappa shape index (κ1) is 20.6. The number of methoxy groups -OCH3 is 1. The molecule has 0 fully saturated rings. The van der Waals surface area contributed by atoms with Crippen LogP contribution in [0.5, 0.6) is 0 Å². The number of hydrogen-bond donors (Lipinski definition) is 1. The van der Waals surface area contributed by atoms with Crippen molar-refractivity contribution >= 4 is 12.1 Å². The van der Waals surface area contributed by atoms with Crippen LogP contribution in [0, 0.1) is 17.8 Å². The van der Waals surface area contributed by atoms with Gasteiger partial charge in [0.05, 0.1) is 13.5 Å². The summed E-state index contributed by atoms with van der Waals surface area (Å²) in [7, 11) is 1.34. The molecule has 0 aliphatic rings. The van der Waals surface area contributed by atoms with Crippen LogP contribution < -0.4 is 5.32 Å². The van der Waals surface area contributed by atoms with Crippen molar-refractivity contribution in [3.63, 3.8) is 0 Å². The number of aryl methyl sites for hydroxylation is 1. The Morgan fingerprint density at radius 2 is 1.88 bits per heavy atom. The highest BCUT2D eigenvalue weighted by molar-refractivity contribution is 5.70. The zero-order valence-corrected chi connectivity index (χ0v) is 15.4. The van der Waals surface area contributed by atoms with Crippen LogP contribution in [0.2, 0.25) is 0 Å². The molecule has 1 rings (SSSR count). The molecular formula is C20H27NO4. The van der Waals surface area contributed by atoms with E-state index in [4.69, 9.17) is 9.47 Å². The number of alkyl carbamates (subject to hydrolysis) is 1. The van der Waals surface area contributed by atoms with Crippen LogP contribution in [0.15, 0.2) is 30.3 Å². The van der Waals surface area contributed by atoms with Gasteiger partial charge in [0.1, 0.15) is 5.60 Å². The van der Waals surface area contributed by atoms with Crippen LogP contribution in [-0.4, -0.2) is 31.3 Å². The fourth-order valence-corrected chi connectivity index (χ4v) is 2.05. The van der Waals surface area contributed by atoms with E-state index >= 15 is 0 Å². The number of esters is 1. The Kier molecular flexibility index (Phi) is 8.55. The van der Waals surface area contributed by atoms with Gasteiger partial charge in [0.2, 0.25) is 0 Å². The SMILES string of the molecule is COC(=O)C[C@@H](C#CCCc1ccccc1)CNC(=O)OC(C)(C)C. The number of nitrogens with one attached hydrogen (secondary N) is 1. The van der Waals surface area contributed by atoms with Crippen LogP contribution in [-0.2, 0) is 20.7 Å². The monoisotopic (exact) mass is 345 g/mol. The molecule has 0 bridgehead atoms. The number of benzene rings is 1. The van der Waals surface area contributed by atoms with Crippen molar-refractivity contribution in [2.75, 3.05) is 13.7 Å². The quantitative estimate of drug-likeness (QED) is 0.634. The van der Waals surface area contributed by atoms with E-state index in [0.29, 0.717) is 6.42 Å². The van der Waals surface area contributed by atoms with E-state index in [1.54, 1.807) is 20.8 Å². The molecule has 1 amide bonds. The number of rotatable bonds is 6. The molecule has 1 aromatic rings. The Morgan fingerprint density at radius 3 is 2.48 bits per heavy atom. The summed E-state index contributed by atoms with van der Waals surface area (Å²) in [6, 6.07) is 10.1. The number of ether oxygens (including phenoxy) is 2. The molecule has 5 heteroatoms. The van der Waals surface area contributed by atoms with Crippen molar-refractivity contribution in [1.29, 1.82) is 0 Å². The summed E-state index contributed by atoms with van der Waals surface area (Å²) in [6.07, 6.45) is 1.14. The molecule has 0 saturated carbocycles. The van der Waals surface area contributed by atoms with Gasteiger partial charge in [0, 0.05) is 18.9 Å². The maximum absolute atomic E-state index is 11.7. The number of hydrogen-bond acceptors (Lipinski definition) is 4. The number of carbonyl (C=O) groups is 2. The third-order valence-electron chi connectivity index (χ3n) is 3.22. The van der Waals surface area contributed by atoms with Crippen molar-refractivity contribution in [2.45, 2.75) is 45.6 Å². The van der Waals surface area contributed by atoms with Gasteiger partial charge in [-0.05, 0) is 32.8 Å². The van der Waals surface area contributed by atoms with Gasteiger partial charge in [-0.3, -0.25) is 4.79 Å². The minimum Gasteiger partial charge on any atom is -0.469 e. The lowest BCUT2D eigenvalue weighted by atomic mass is 10.1. The second-order valence-corrected chi connectivity index (χ2v) is 6.67. The molecule has 1 atom stereocenters. The van der Waals surface area contributed by atoms with Gasteiger partial charge in [-0.2, -0.15) is 0 Å². The van der Waals surface area contributed by atoms with Crippen LogP contribution in [0.4, 0.5) is 4.79 Å². The second kappa shape index (κ2) is 10.4. The summed E-state index contributed by atoms with van der Waals surface area (Å²) in [5, 5.41) is 2.66. The Bertz CT molecular complexity index is 608. The predicted molar refractivity (Wildman–Crippen MR) is 96.9 cm³/mol. The first-order valence-corrected chi connectivity index (χ1v) is 8.36. The van der Waals surface area contributed by atoms with Crippen molar-refractivity contribution in [3.05, 3.63) is 35.9 Å². The highest BCUT2D eigenvalue weighted by atomic mass is 16.6. The van der Waals surface area contributed by atoms with Crippen molar-refractivity contribution < 1.29 is 19.1 Å². The smallest absolute Gasteiger partial charge is 0.407 e. The minimum atomic E-state index is -0.566. The van der Waals surface area contributed by atoms with Crippen LogP contribution in [0.25, 0.3) is 0 Å². The zero-order chi connectivity index (χ0) is 18.7. The first-order chi connectivity index (χ1) is 11.8. The lowest BCUT2D eigenvalue weighted by Gasteiger charge is -2.20. The molecule has 25 heavy (non-hydrogen) atoms. The van der Waals surface area contributed by atoms with Crippen LogP contribution >= 0.6 is 0 Å². The van der Waals surface area contributed by atoms with Crippen molar-refractivity contribution in [1.82, 2.24) is 5.32 Å². The molecular weight excluding hydrogens is 318 g/mol. The molecule has 0 spiro atoms. The van der Waals surface area contributed by atoms with E-state index in [1.165, 1.54) is 12.7 Å². The van der Waals surface area contributed by atoms with E-state index < -0.39 is 11.7 Å². The van der Waals surface area contributed by atoms with E-state index in [0.717, 1.165) is 6.42 Å².